The van der Waals surface area contributed by atoms with Gasteiger partial charge in [-0.05, 0) is 42.8 Å². The molecule has 0 unspecified atom stereocenters. The predicted molar refractivity (Wildman–Crippen MR) is 113 cm³/mol. The lowest BCUT2D eigenvalue weighted by Crippen LogP contribution is -2.13. The van der Waals surface area contributed by atoms with E-state index in [1.807, 2.05) is 6.92 Å². The first-order valence-electron chi connectivity index (χ1n) is 8.74. The van der Waals surface area contributed by atoms with Crippen LogP contribution in [0.15, 0.2) is 40.9 Å². The molecular formula is C20H19BrN2O4S. The summed E-state index contributed by atoms with van der Waals surface area (Å²) in [5.74, 6) is -0.205. The van der Waals surface area contributed by atoms with Crippen LogP contribution in [0.25, 0.3) is 10.2 Å². The van der Waals surface area contributed by atoms with Gasteiger partial charge in [-0.15, -0.1) is 0 Å². The van der Waals surface area contributed by atoms with E-state index in [1.165, 1.54) is 18.4 Å². The zero-order valence-corrected chi connectivity index (χ0v) is 17.9. The van der Waals surface area contributed by atoms with Crippen LogP contribution in [0.4, 0.5) is 5.13 Å². The van der Waals surface area contributed by atoms with E-state index in [4.69, 9.17) is 9.47 Å². The van der Waals surface area contributed by atoms with Gasteiger partial charge in [0.25, 0.3) is 5.91 Å². The minimum absolute atomic E-state index is 0.323. The summed E-state index contributed by atoms with van der Waals surface area (Å²) in [5, 5.41) is 3.23. The van der Waals surface area contributed by atoms with Crippen molar-refractivity contribution in [3.05, 3.63) is 52.0 Å². The molecule has 2 aromatic carbocycles. The number of methoxy groups -OCH3 is 1. The van der Waals surface area contributed by atoms with E-state index in [0.717, 1.165) is 22.0 Å². The number of carbonyl (C=O) groups excluding carboxylic acids is 2. The van der Waals surface area contributed by atoms with Crippen molar-refractivity contribution in [3.63, 3.8) is 0 Å². The Morgan fingerprint density at radius 2 is 2.04 bits per heavy atom. The second kappa shape index (κ2) is 9.16. The van der Waals surface area contributed by atoms with Gasteiger partial charge in [0.05, 0.1) is 35.1 Å². The first-order chi connectivity index (χ1) is 13.5. The summed E-state index contributed by atoms with van der Waals surface area (Å²) in [7, 11) is 1.51. The van der Waals surface area contributed by atoms with Gasteiger partial charge in [-0.2, -0.15) is 0 Å². The number of nitrogens with zero attached hydrogens (tertiary/aromatic N) is 1. The number of hydrogen-bond acceptors (Lipinski definition) is 6. The lowest BCUT2D eigenvalue weighted by molar-refractivity contribution is 0.0500. The molecule has 0 aliphatic heterocycles. The summed E-state index contributed by atoms with van der Waals surface area (Å²) < 4.78 is 12.1. The Kier molecular flexibility index (Phi) is 6.64. The highest BCUT2D eigenvalue weighted by Gasteiger charge is 2.16. The zero-order valence-electron chi connectivity index (χ0n) is 15.5. The number of rotatable bonds is 7. The van der Waals surface area contributed by atoms with Crippen molar-refractivity contribution >= 4 is 54.5 Å². The second-order valence-electron chi connectivity index (χ2n) is 5.99. The number of unbranched alkanes of at least 4 members (excludes halogenated alkanes) is 1. The lowest BCUT2D eigenvalue weighted by atomic mass is 10.2. The van der Waals surface area contributed by atoms with Crippen molar-refractivity contribution in [2.75, 3.05) is 19.0 Å². The van der Waals surface area contributed by atoms with Crippen LogP contribution in [0, 0.1) is 0 Å². The third kappa shape index (κ3) is 4.69. The van der Waals surface area contributed by atoms with Crippen molar-refractivity contribution in [3.8, 4) is 5.75 Å². The van der Waals surface area contributed by atoms with Crippen LogP contribution in [-0.2, 0) is 4.74 Å². The molecule has 3 aromatic rings. The number of aromatic nitrogens is 1. The number of ether oxygens (including phenoxy) is 2. The molecule has 146 valence electrons. The van der Waals surface area contributed by atoms with E-state index in [1.54, 1.807) is 36.4 Å². The van der Waals surface area contributed by atoms with E-state index in [-0.39, 0.29) is 11.9 Å². The number of fused-ring (bicyclic) bond motifs is 1. The van der Waals surface area contributed by atoms with Crippen LogP contribution < -0.4 is 10.1 Å². The Balaban J connectivity index is 1.78. The Morgan fingerprint density at radius 3 is 2.79 bits per heavy atom. The number of hydrogen-bond donors (Lipinski definition) is 1. The molecule has 0 spiro atoms. The minimum atomic E-state index is -0.354. The maximum Gasteiger partial charge on any atom is 0.338 e. The summed E-state index contributed by atoms with van der Waals surface area (Å²) in [6.45, 7) is 2.45. The van der Waals surface area contributed by atoms with Crippen LogP contribution in [0.2, 0.25) is 0 Å². The average molecular weight is 463 g/mol. The Hall–Kier alpha value is -2.45. The number of esters is 1. The van der Waals surface area contributed by atoms with Crippen LogP contribution >= 0.6 is 27.3 Å². The number of anilines is 1. The number of nitrogens with one attached hydrogen (secondary N) is 1. The molecule has 8 heteroatoms. The molecule has 0 radical (unpaired) electrons. The smallest absolute Gasteiger partial charge is 0.338 e. The maximum absolute atomic E-state index is 12.6. The van der Waals surface area contributed by atoms with Gasteiger partial charge >= 0.3 is 5.97 Å². The summed E-state index contributed by atoms with van der Waals surface area (Å²) in [5.41, 5.74) is 1.57. The van der Waals surface area contributed by atoms with E-state index in [0.29, 0.717) is 34.1 Å². The number of carbonyl (C=O) groups is 2. The third-order valence-corrected chi connectivity index (χ3v) is 5.41. The molecule has 0 aliphatic carbocycles. The maximum atomic E-state index is 12.6. The van der Waals surface area contributed by atoms with Crippen LogP contribution in [0.3, 0.4) is 0 Å². The molecule has 6 nitrogen and oxygen atoms in total. The van der Waals surface area contributed by atoms with Gasteiger partial charge in [0, 0.05) is 4.47 Å². The van der Waals surface area contributed by atoms with Crippen molar-refractivity contribution in [1.82, 2.24) is 4.98 Å². The highest BCUT2D eigenvalue weighted by molar-refractivity contribution is 9.10. The van der Waals surface area contributed by atoms with Gasteiger partial charge in [-0.3, -0.25) is 10.1 Å². The topological polar surface area (TPSA) is 77.5 Å². The molecule has 0 bridgehead atoms. The number of benzene rings is 2. The fourth-order valence-electron chi connectivity index (χ4n) is 2.52. The fraction of sp³-hybridized carbons (Fsp3) is 0.250. The summed E-state index contributed by atoms with van der Waals surface area (Å²) in [4.78, 5) is 29.1. The molecule has 0 aliphatic rings. The van der Waals surface area contributed by atoms with E-state index < -0.39 is 0 Å². The molecule has 28 heavy (non-hydrogen) atoms. The van der Waals surface area contributed by atoms with Gasteiger partial charge in [0.1, 0.15) is 5.75 Å². The van der Waals surface area contributed by atoms with Crippen LogP contribution in [0.1, 0.15) is 40.5 Å². The van der Waals surface area contributed by atoms with Crippen molar-refractivity contribution in [2.45, 2.75) is 19.8 Å². The van der Waals surface area contributed by atoms with Crippen LogP contribution in [-0.4, -0.2) is 30.6 Å². The standard InChI is InChI=1S/C20H19BrN2O4S/c1-3-4-9-27-19(25)12-5-7-15-17(10-12)28-20(22-15)23-18(24)14-11-13(21)6-8-16(14)26-2/h5-8,10-11H,3-4,9H2,1-2H3,(H,22,23,24). The molecule has 1 amide bonds. The number of halogens is 1. The zero-order chi connectivity index (χ0) is 20.1. The Morgan fingerprint density at radius 1 is 1.21 bits per heavy atom. The molecule has 3 rings (SSSR count). The molecule has 0 saturated carbocycles. The van der Waals surface area contributed by atoms with Gasteiger partial charge in [-0.1, -0.05) is 40.6 Å². The largest absolute Gasteiger partial charge is 0.496 e. The Bertz CT molecular complexity index is 1020. The van der Waals surface area contributed by atoms with Gasteiger partial charge in [-0.25, -0.2) is 9.78 Å². The molecule has 0 atom stereocenters. The van der Waals surface area contributed by atoms with Crippen molar-refractivity contribution in [2.24, 2.45) is 0 Å². The highest BCUT2D eigenvalue weighted by atomic mass is 79.9. The SMILES string of the molecule is CCCCOC(=O)c1ccc2nc(NC(=O)c3cc(Br)ccc3OC)sc2c1. The first-order valence-corrected chi connectivity index (χ1v) is 10.4. The monoisotopic (exact) mass is 462 g/mol. The summed E-state index contributed by atoms with van der Waals surface area (Å²) in [6.07, 6.45) is 1.80. The van der Waals surface area contributed by atoms with Gasteiger partial charge in [0.15, 0.2) is 5.13 Å². The minimum Gasteiger partial charge on any atom is -0.496 e. The normalized spacial score (nSPS) is 10.7. The number of thiazole rings is 1. The van der Waals surface area contributed by atoms with E-state index in [2.05, 4.69) is 26.2 Å². The first kappa shape index (κ1) is 20.3. The fourth-order valence-corrected chi connectivity index (χ4v) is 3.78. The third-order valence-electron chi connectivity index (χ3n) is 3.98. The van der Waals surface area contributed by atoms with Crippen molar-refractivity contribution < 1.29 is 19.1 Å². The molecule has 1 N–H and O–H groups in total. The highest BCUT2D eigenvalue weighted by Crippen LogP contribution is 2.29. The molecule has 0 fully saturated rings. The molecular weight excluding hydrogens is 444 g/mol. The van der Waals surface area contributed by atoms with E-state index >= 15 is 0 Å². The van der Waals surface area contributed by atoms with E-state index in [9.17, 15) is 9.59 Å². The van der Waals surface area contributed by atoms with Crippen LogP contribution in [0.5, 0.6) is 5.75 Å². The molecule has 1 aromatic heterocycles. The van der Waals surface area contributed by atoms with Gasteiger partial charge < -0.3 is 9.47 Å². The second-order valence-corrected chi connectivity index (χ2v) is 7.94. The average Bonchev–Trinajstić information content (AvgIpc) is 3.09. The summed E-state index contributed by atoms with van der Waals surface area (Å²) in [6, 6.07) is 10.4. The predicted octanol–water partition coefficient (Wildman–Crippen LogP) is 5.28. The molecule has 1 heterocycles. The van der Waals surface area contributed by atoms with Crippen molar-refractivity contribution in [1.29, 1.82) is 0 Å². The molecule has 0 saturated heterocycles. The quantitative estimate of drug-likeness (QED) is 0.381. The van der Waals surface area contributed by atoms with Gasteiger partial charge in [0.2, 0.25) is 0 Å². The number of amides is 1. The lowest BCUT2D eigenvalue weighted by Gasteiger charge is -2.08. The Labute approximate surface area is 175 Å². The summed E-state index contributed by atoms with van der Waals surface area (Å²) >= 11 is 4.65.